The largest absolute Gasteiger partial charge is 0.378 e. The molecule has 26 heavy (non-hydrogen) atoms. The fourth-order valence-corrected chi connectivity index (χ4v) is 5.86. The summed E-state index contributed by atoms with van der Waals surface area (Å²) in [5.74, 6) is 1.63. The van der Waals surface area contributed by atoms with Crippen LogP contribution in [0.2, 0.25) is 0 Å². The third-order valence-corrected chi connectivity index (χ3v) is 7.46. The van der Waals surface area contributed by atoms with Gasteiger partial charge in [0.1, 0.15) is 0 Å². The molecule has 5 nitrogen and oxygen atoms in total. The van der Waals surface area contributed by atoms with Crippen molar-refractivity contribution >= 4 is 29.9 Å². The SMILES string of the molecule is CCN=C(NC1C2CCOC2C1(C)C)NC1CC(OCC)C12CCC2.I. The molecular weight excluding hydrogens is 441 g/mol. The van der Waals surface area contributed by atoms with Crippen LogP contribution in [0.15, 0.2) is 4.99 Å². The number of ether oxygens (including phenoxy) is 2. The minimum atomic E-state index is 0. The van der Waals surface area contributed by atoms with Gasteiger partial charge in [-0.15, -0.1) is 24.0 Å². The first-order valence-electron chi connectivity index (χ1n) is 10.3. The maximum atomic E-state index is 5.99. The van der Waals surface area contributed by atoms with E-state index in [9.17, 15) is 0 Å². The summed E-state index contributed by atoms with van der Waals surface area (Å²) in [6.07, 6.45) is 7.07. The Morgan fingerprint density at radius 3 is 2.62 bits per heavy atom. The minimum absolute atomic E-state index is 0. The smallest absolute Gasteiger partial charge is 0.191 e. The number of guanidine groups is 1. The van der Waals surface area contributed by atoms with Crippen LogP contribution in [0.5, 0.6) is 0 Å². The molecule has 0 aromatic carbocycles. The molecule has 2 N–H and O–H groups in total. The number of rotatable bonds is 5. The number of nitrogens with one attached hydrogen (secondary N) is 2. The molecule has 0 aromatic heterocycles. The first kappa shape index (κ1) is 20.6. The second-order valence-electron chi connectivity index (χ2n) is 8.97. The summed E-state index contributed by atoms with van der Waals surface area (Å²) in [4.78, 5) is 4.76. The van der Waals surface area contributed by atoms with Gasteiger partial charge in [0.2, 0.25) is 0 Å². The van der Waals surface area contributed by atoms with Crippen molar-refractivity contribution in [2.24, 2.45) is 21.7 Å². The first-order chi connectivity index (χ1) is 12.0. The third kappa shape index (κ3) is 3.08. The van der Waals surface area contributed by atoms with Crippen LogP contribution in [0.25, 0.3) is 0 Å². The Labute approximate surface area is 175 Å². The standard InChI is InChI=1S/C20H35N3O2.HI/c1-5-21-18(23-16-13-8-11-25-17(13)19(16,3)4)22-14-12-15(24-6-2)20(14)9-7-10-20;/h13-17H,5-12H2,1-4H3,(H2,21,22,23);1H. The molecule has 1 aliphatic heterocycles. The molecule has 150 valence electrons. The third-order valence-electron chi connectivity index (χ3n) is 7.46. The number of hydrogen-bond acceptors (Lipinski definition) is 3. The molecular formula is C20H36IN3O2. The van der Waals surface area contributed by atoms with Gasteiger partial charge in [0, 0.05) is 48.6 Å². The van der Waals surface area contributed by atoms with Crippen LogP contribution in [0, 0.1) is 16.7 Å². The molecule has 3 aliphatic carbocycles. The zero-order chi connectivity index (χ0) is 17.7. The van der Waals surface area contributed by atoms with Gasteiger partial charge in [-0.2, -0.15) is 0 Å². The summed E-state index contributed by atoms with van der Waals surface area (Å²) in [6, 6.07) is 0.965. The van der Waals surface area contributed by atoms with Gasteiger partial charge in [-0.05, 0) is 39.5 Å². The number of fused-ring (bicyclic) bond motifs is 1. The fraction of sp³-hybridized carbons (Fsp3) is 0.950. The number of nitrogens with zero attached hydrogens (tertiary/aromatic N) is 1. The lowest BCUT2D eigenvalue weighted by molar-refractivity contribution is -0.168. The van der Waals surface area contributed by atoms with Crippen LogP contribution >= 0.6 is 24.0 Å². The van der Waals surface area contributed by atoms with Gasteiger partial charge in [0.05, 0.1) is 12.2 Å². The molecule has 1 saturated heterocycles. The van der Waals surface area contributed by atoms with Crippen LogP contribution in [-0.2, 0) is 9.47 Å². The van der Waals surface area contributed by atoms with Gasteiger partial charge in [-0.3, -0.25) is 4.99 Å². The summed E-state index contributed by atoms with van der Waals surface area (Å²) in [5.41, 5.74) is 0.541. The highest BCUT2D eigenvalue weighted by molar-refractivity contribution is 14.0. The van der Waals surface area contributed by atoms with E-state index in [-0.39, 0.29) is 29.4 Å². The highest BCUT2D eigenvalue weighted by Crippen LogP contribution is 2.57. The number of aliphatic imine (C=N–C) groups is 1. The lowest BCUT2D eigenvalue weighted by Crippen LogP contribution is -2.72. The monoisotopic (exact) mass is 477 g/mol. The molecule has 4 aliphatic rings. The van der Waals surface area contributed by atoms with Crippen molar-refractivity contribution in [3.63, 3.8) is 0 Å². The molecule has 1 spiro atoms. The number of hydrogen-bond donors (Lipinski definition) is 2. The van der Waals surface area contributed by atoms with Crippen molar-refractivity contribution in [1.29, 1.82) is 0 Å². The second kappa shape index (κ2) is 7.74. The quantitative estimate of drug-likeness (QED) is 0.363. The van der Waals surface area contributed by atoms with E-state index in [1.54, 1.807) is 0 Å². The lowest BCUT2D eigenvalue weighted by atomic mass is 9.51. The van der Waals surface area contributed by atoms with Gasteiger partial charge >= 0.3 is 0 Å². The fourth-order valence-electron chi connectivity index (χ4n) is 5.86. The van der Waals surface area contributed by atoms with E-state index < -0.39 is 0 Å². The highest BCUT2D eigenvalue weighted by atomic mass is 127. The zero-order valence-electron chi connectivity index (χ0n) is 16.7. The molecule has 5 atom stereocenters. The van der Waals surface area contributed by atoms with Crippen LogP contribution in [-0.4, -0.2) is 50.0 Å². The molecule has 6 heteroatoms. The molecule has 0 aromatic rings. The summed E-state index contributed by atoms with van der Waals surface area (Å²) in [5, 5.41) is 7.54. The Bertz CT molecular complexity index is 535. The lowest BCUT2D eigenvalue weighted by Gasteiger charge is -2.61. The van der Waals surface area contributed by atoms with E-state index >= 15 is 0 Å². The first-order valence-corrected chi connectivity index (χ1v) is 10.3. The molecule has 0 bridgehead atoms. The van der Waals surface area contributed by atoms with Crippen LogP contribution in [0.4, 0.5) is 0 Å². The van der Waals surface area contributed by atoms with Crippen molar-refractivity contribution < 1.29 is 9.47 Å². The predicted octanol–water partition coefficient (Wildman–Crippen LogP) is 3.32. The van der Waals surface area contributed by atoms with Crippen LogP contribution in [0.3, 0.4) is 0 Å². The summed E-state index contributed by atoms with van der Waals surface area (Å²) < 4.78 is 11.9. The second-order valence-corrected chi connectivity index (χ2v) is 8.97. The molecule has 5 unspecified atom stereocenters. The Balaban J connectivity index is 0.00000196. The van der Waals surface area contributed by atoms with E-state index in [0.29, 0.717) is 35.6 Å². The van der Waals surface area contributed by atoms with Crippen molar-refractivity contribution in [2.75, 3.05) is 19.8 Å². The van der Waals surface area contributed by atoms with Crippen molar-refractivity contribution in [2.45, 2.75) is 84.1 Å². The average molecular weight is 477 g/mol. The van der Waals surface area contributed by atoms with Crippen LogP contribution in [0.1, 0.15) is 59.8 Å². The molecule has 4 rings (SSSR count). The van der Waals surface area contributed by atoms with E-state index in [1.807, 2.05) is 0 Å². The van der Waals surface area contributed by atoms with Gasteiger partial charge in [0.25, 0.3) is 0 Å². The van der Waals surface area contributed by atoms with Crippen molar-refractivity contribution in [3.05, 3.63) is 0 Å². The molecule has 0 amide bonds. The maximum absolute atomic E-state index is 5.99. The zero-order valence-corrected chi connectivity index (χ0v) is 19.0. The topological polar surface area (TPSA) is 54.9 Å². The van der Waals surface area contributed by atoms with E-state index in [0.717, 1.165) is 32.1 Å². The Hall–Kier alpha value is -0.0800. The number of halogens is 1. The van der Waals surface area contributed by atoms with Gasteiger partial charge in [-0.1, -0.05) is 20.3 Å². The van der Waals surface area contributed by atoms with Crippen molar-refractivity contribution in [1.82, 2.24) is 10.6 Å². The van der Waals surface area contributed by atoms with Gasteiger partial charge in [-0.25, -0.2) is 0 Å². The molecule has 1 heterocycles. The maximum Gasteiger partial charge on any atom is 0.191 e. The molecule has 3 saturated carbocycles. The Kier molecular flexibility index (Phi) is 6.15. The van der Waals surface area contributed by atoms with Gasteiger partial charge < -0.3 is 20.1 Å². The van der Waals surface area contributed by atoms with E-state index in [4.69, 9.17) is 14.5 Å². The molecule has 0 radical (unpaired) electrons. The normalized spacial score (nSPS) is 39.1. The Morgan fingerprint density at radius 1 is 1.23 bits per heavy atom. The highest BCUT2D eigenvalue weighted by Gasteiger charge is 2.61. The Morgan fingerprint density at radius 2 is 2.00 bits per heavy atom. The molecule has 4 fully saturated rings. The summed E-state index contributed by atoms with van der Waals surface area (Å²) >= 11 is 0. The van der Waals surface area contributed by atoms with Crippen molar-refractivity contribution in [3.8, 4) is 0 Å². The van der Waals surface area contributed by atoms with E-state index in [1.165, 1.54) is 25.7 Å². The van der Waals surface area contributed by atoms with E-state index in [2.05, 4.69) is 38.3 Å². The van der Waals surface area contributed by atoms with Crippen LogP contribution < -0.4 is 10.6 Å². The average Bonchev–Trinajstić information content (AvgIpc) is 2.96. The predicted molar refractivity (Wildman–Crippen MR) is 115 cm³/mol. The minimum Gasteiger partial charge on any atom is -0.378 e. The summed E-state index contributed by atoms with van der Waals surface area (Å²) in [7, 11) is 0. The van der Waals surface area contributed by atoms with Gasteiger partial charge in [0.15, 0.2) is 5.96 Å². The summed E-state index contributed by atoms with van der Waals surface area (Å²) in [6.45, 7) is 11.4.